The van der Waals surface area contributed by atoms with Crippen LogP contribution >= 0.6 is 0 Å². The van der Waals surface area contributed by atoms with Crippen LogP contribution in [0.15, 0.2) is 23.4 Å². The van der Waals surface area contributed by atoms with Gasteiger partial charge in [-0.2, -0.15) is 0 Å². The molecule has 0 atom stereocenters. The third kappa shape index (κ3) is 2.48. The van der Waals surface area contributed by atoms with Crippen molar-refractivity contribution in [3.05, 3.63) is 34.6 Å². The van der Waals surface area contributed by atoms with E-state index in [1.54, 1.807) is 19.6 Å². The molecule has 0 unspecified atom stereocenters. The maximum absolute atomic E-state index is 11.6. The van der Waals surface area contributed by atoms with Crippen molar-refractivity contribution in [2.45, 2.75) is 26.5 Å². The Morgan fingerprint density at radius 2 is 2.28 bits per heavy atom. The molecule has 6 nitrogen and oxygen atoms in total. The molecule has 0 radical (unpaired) electrons. The summed E-state index contributed by atoms with van der Waals surface area (Å²) in [5.41, 5.74) is 1.20. The normalized spacial score (nSPS) is 11.1. The highest BCUT2D eigenvalue weighted by Crippen LogP contribution is 2.17. The van der Waals surface area contributed by atoms with Gasteiger partial charge in [-0.1, -0.05) is 0 Å². The summed E-state index contributed by atoms with van der Waals surface area (Å²) in [6, 6.07) is 1.68. The molecule has 0 spiro atoms. The van der Waals surface area contributed by atoms with Crippen LogP contribution in [0.1, 0.15) is 25.6 Å². The maximum Gasteiger partial charge on any atom is 0.251 e. The molecule has 0 aromatic carbocycles. The SMILES string of the molecule is COCc1cc(=O)[nH]c(-c2cncn2C(C)C)n1. The highest BCUT2D eigenvalue weighted by atomic mass is 16.5. The summed E-state index contributed by atoms with van der Waals surface area (Å²) in [5, 5.41) is 0. The first-order valence-electron chi connectivity index (χ1n) is 5.73. The molecule has 1 N–H and O–H groups in total. The lowest BCUT2D eigenvalue weighted by Crippen LogP contribution is -2.13. The molecule has 2 aromatic rings. The Balaban J connectivity index is 2.50. The van der Waals surface area contributed by atoms with Crippen LogP contribution in [0.3, 0.4) is 0 Å². The lowest BCUT2D eigenvalue weighted by molar-refractivity contribution is 0.181. The molecular weight excluding hydrogens is 232 g/mol. The van der Waals surface area contributed by atoms with Gasteiger partial charge < -0.3 is 14.3 Å². The van der Waals surface area contributed by atoms with E-state index in [1.807, 2.05) is 18.4 Å². The first kappa shape index (κ1) is 12.5. The third-order valence-corrected chi connectivity index (χ3v) is 2.55. The molecule has 96 valence electrons. The summed E-state index contributed by atoms with van der Waals surface area (Å²) in [7, 11) is 1.57. The standard InChI is InChI=1S/C12H16N4O2/c1-8(2)16-7-13-5-10(16)12-14-9(6-18-3)4-11(17)15-12/h4-5,7-8H,6H2,1-3H3,(H,14,15,17). The summed E-state index contributed by atoms with van der Waals surface area (Å²) >= 11 is 0. The Morgan fingerprint density at radius 3 is 2.94 bits per heavy atom. The van der Waals surface area contributed by atoms with E-state index >= 15 is 0 Å². The van der Waals surface area contributed by atoms with Crippen LogP contribution in [0.2, 0.25) is 0 Å². The molecule has 0 aliphatic carbocycles. The first-order chi connectivity index (χ1) is 8.61. The van der Waals surface area contributed by atoms with Crippen molar-refractivity contribution in [3.8, 4) is 11.5 Å². The van der Waals surface area contributed by atoms with Crippen LogP contribution in [0, 0.1) is 0 Å². The number of nitrogens with one attached hydrogen (secondary N) is 1. The quantitative estimate of drug-likeness (QED) is 0.886. The van der Waals surface area contributed by atoms with E-state index in [2.05, 4.69) is 15.0 Å². The molecule has 0 aliphatic rings. The Kier molecular flexibility index (Phi) is 3.57. The average Bonchev–Trinajstić information content (AvgIpc) is 2.77. The van der Waals surface area contributed by atoms with E-state index in [0.29, 0.717) is 18.1 Å². The van der Waals surface area contributed by atoms with Gasteiger partial charge in [0.25, 0.3) is 5.56 Å². The molecule has 2 aromatic heterocycles. The van der Waals surface area contributed by atoms with E-state index in [4.69, 9.17) is 4.74 Å². The van der Waals surface area contributed by atoms with Gasteiger partial charge in [0.2, 0.25) is 0 Å². The number of rotatable bonds is 4. The van der Waals surface area contributed by atoms with Crippen molar-refractivity contribution in [2.75, 3.05) is 7.11 Å². The van der Waals surface area contributed by atoms with E-state index in [1.165, 1.54) is 6.07 Å². The molecule has 0 saturated heterocycles. The topological polar surface area (TPSA) is 72.8 Å². The van der Waals surface area contributed by atoms with Crippen molar-refractivity contribution >= 4 is 0 Å². The molecule has 0 fully saturated rings. The fraction of sp³-hybridized carbons (Fsp3) is 0.417. The Labute approximate surface area is 105 Å². The van der Waals surface area contributed by atoms with Gasteiger partial charge in [-0.25, -0.2) is 9.97 Å². The summed E-state index contributed by atoms with van der Waals surface area (Å²) in [5.74, 6) is 0.515. The molecule has 0 amide bonds. The lowest BCUT2D eigenvalue weighted by Gasteiger charge is -2.11. The number of hydrogen-bond donors (Lipinski definition) is 1. The van der Waals surface area contributed by atoms with Crippen molar-refractivity contribution in [1.82, 2.24) is 19.5 Å². The van der Waals surface area contributed by atoms with Crippen LogP contribution in [0.5, 0.6) is 0 Å². The second-order valence-corrected chi connectivity index (χ2v) is 4.30. The van der Waals surface area contributed by atoms with Gasteiger partial charge in [0.05, 0.1) is 24.8 Å². The second-order valence-electron chi connectivity index (χ2n) is 4.30. The van der Waals surface area contributed by atoms with Crippen molar-refractivity contribution in [1.29, 1.82) is 0 Å². The Morgan fingerprint density at radius 1 is 1.50 bits per heavy atom. The fourth-order valence-corrected chi connectivity index (χ4v) is 1.75. The largest absolute Gasteiger partial charge is 0.378 e. The number of aromatic nitrogens is 4. The van der Waals surface area contributed by atoms with Gasteiger partial charge in [0, 0.05) is 19.2 Å². The lowest BCUT2D eigenvalue weighted by atomic mass is 10.3. The number of aromatic amines is 1. The first-order valence-corrected chi connectivity index (χ1v) is 5.73. The summed E-state index contributed by atoms with van der Waals surface area (Å²) in [4.78, 5) is 22.8. The van der Waals surface area contributed by atoms with Gasteiger partial charge in [-0.05, 0) is 13.8 Å². The van der Waals surface area contributed by atoms with Crippen molar-refractivity contribution < 1.29 is 4.74 Å². The zero-order chi connectivity index (χ0) is 13.1. The van der Waals surface area contributed by atoms with Crippen LogP contribution in [-0.2, 0) is 11.3 Å². The third-order valence-electron chi connectivity index (χ3n) is 2.55. The molecular formula is C12H16N4O2. The monoisotopic (exact) mass is 248 g/mol. The minimum Gasteiger partial charge on any atom is -0.378 e. The van der Waals surface area contributed by atoms with Crippen LogP contribution in [0.4, 0.5) is 0 Å². The van der Waals surface area contributed by atoms with E-state index < -0.39 is 0 Å². The summed E-state index contributed by atoms with van der Waals surface area (Å²) in [6.07, 6.45) is 3.41. The van der Waals surface area contributed by atoms with Crippen LogP contribution < -0.4 is 5.56 Å². The number of nitrogens with zero attached hydrogens (tertiary/aromatic N) is 3. The molecule has 2 heterocycles. The number of H-pyrrole nitrogens is 1. The fourth-order valence-electron chi connectivity index (χ4n) is 1.75. The van der Waals surface area contributed by atoms with Crippen LogP contribution in [-0.4, -0.2) is 26.6 Å². The van der Waals surface area contributed by atoms with E-state index in [9.17, 15) is 4.79 Å². The number of hydrogen-bond acceptors (Lipinski definition) is 4. The number of imidazole rings is 1. The highest BCUT2D eigenvalue weighted by Gasteiger charge is 2.11. The van der Waals surface area contributed by atoms with Gasteiger partial charge >= 0.3 is 0 Å². The maximum atomic E-state index is 11.6. The second kappa shape index (κ2) is 5.14. The zero-order valence-electron chi connectivity index (χ0n) is 10.7. The van der Waals surface area contributed by atoms with Gasteiger partial charge in [0.1, 0.15) is 5.69 Å². The minimum absolute atomic E-state index is 0.191. The molecule has 6 heteroatoms. The number of ether oxygens (including phenoxy) is 1. The molecule has 2 rings (SSSR count). The smallest absolute Gasteiger partial charge is 0.251 e. The van der Waals surface area contributed by atoms with Gasteiger partial charge in [-0.3, -0.25) is 4.79 Å². The van der Waals surface area contributed by atoms with E-state index in [-0.39, 0.29) is 11.6 Å². The van der Waals surface area contributed by atoms with Crippen LogP contribution in [0.25, 0.3) is 11.5 Å². The highest BCUT2D eigenvalue weighted by molar-refractivity contribution is 5.48. The molecule has 0 aliphatic heterocycles. The number of methoxy groups -OCH3 is 1. The van der Waals surface area contributed by atoms with Gasteiger partial charge in [0.15, 0.2) is 5.82 Å². The zero-order valence-corrected chi connectivity index (χ0v) is 10.7. The average molecular weight is 248 g/mol. The van der Waals surface area contributed by atoms with Crippen molar-refractivity contribution in [3.63, 3.8) is 0 Å². The predicted octanol–water partition coefficient (Wildman–Crippen LogP) is 1.36. The molecule has 0 saturated carbocycles. The Hall–Kier alpha value is -1.95. The summed E-state index contributed by atoms with van der Waals surface area (Å²) < 4.78 is 6.95. The van der Waals surface area contributed by atoms with Crippen molar-refractivity contribution in [2.24, 2.45) is 0 Å². The summed E-state index contributed by atoms with van der Waals surface area (Å²) in [6.45, 7) is 4.40. The predicted molar refractivity (Wildman–Crippen MR) is 67.2 cm³/mol. The molecule has 18 heavy (non-hydrogen) atoms. The minimum atomic E-state index is -0.191. The Bertz CT molecular complexity index is 586. The van der Waals surface area contributed by atoms with E-state index in [0.717, 1.165) is 5.69 Å². The van der Waals surface area contributed by atoms with Gasteiger partial charge in [-0.15, -0.1) is 0 Å². The molecule has 0 bridgehead atoms.